The average molecular weight is 426 g/mol. The summed E-state index contributed by atoms with van der Waals surface area (Å²) >= 11 is 0. The first kappa shape index (κ1) is 22.7. The second-order valence-corrected chi connectivity index (χ2v) is 9.93. The summed E-state index contributed by atoms with van der Waals surface area (Å²) in [5.74, 6) is -1.52. The molecule has 0 bridgehead atoms. The summed E-state index contributed by atoms with van der Waals surface area (Å²) in [5, 5.41) is 2.74. The number of carbonyl (C=O) groups excluding carboxylic acids is 3. The molecule has 0 unspecified atom stereocenters. The molecule has 0 saturated carbocycles. The number of rotatable bonds is 6. The summed E-state index contributed by atoms with van der Waals surface area (Å²) in [6, 6.07) is 6.08. The molecule has 10 heteroatoms. The minimum atomic E-state index is -3.36. The lowest BCUT2D eigenvalue weighted by Gasteiger charge is -2.23. The van der Waals surface area contributed by atoms with Crippen LogP contribution in [0.1, 0.15) is 37.6 Å². The Morgan fingerprint density at radius 2 is 1.93 bits per heavy atom. The molecule has 1 saturated heterocycles. The van der Waals surface area contributed by atoms with Crippen molar-refractivity contribution in [2.75, 3.05) is 36.8 Å². The minimum absolute atomic E-state index is 0.0747. The van der Waals surface area contributed by atoms with Gasteiger partial charge in [0, 0.05) is 19.1 Å². The van der Waals surface area contributed by atoms with E-state index in [4.69, 9.17) is 4.74 Å². The summed E-state index contributed by atoms with van der Waals surface area (Å²) in [5.41, 5.74) is 0.117. The number of sulfonamides is 1. The van der Waals surface area contributed by atoms with Crippen molar-refractivity contribution in [3.8, 4) is 0 Å². The summed E-state index contributed by atoms with van der Waals surface area (Å²) in [6.45, 7) is 5.17. The smallest absolute Gasteiger partial charge is 0.338 e. The van der Waals surface area contributed by atoms with Gasteiger partial charge in [0.2, 0.25) is 15.9 Å². The van der Waals surface area contributed by atoms with Gasteiger partial charge in [0.15, 0.2) is 6.61 Å². The van der Waals surface area contributed by atoms with E-state index >= 15 is 0 Å². The standard InChI is InChI=1S/C19H27N3O6S/c1-19(2,3)20-16(23)12-21(4)17(24)13-28-18(25)14-7-5-8-15(11-14)22-9-6-10-29(22,26)27/h5,7-8,11H,6,9-10,12-13H2,1-4H3,(H,20,23). The monoisotopic (exact) mass is 425 g/mol. The largest absolute Gasteiger partial charge is 0.452 e. The predicted octanol–water partition coefficient (Wildman–Crippen LogP) is 0.756. The van der Waals surface area contributed by atoms with Gasteiger partial charge in [-0.25, -0.2) is 13.2 Å². The van der Waals surface area contributed by atoms with Crippen LogP contribution in [0, 0.1) is 0 Å². The number of hydrogen-bond donors (Lipinski definition) is 1. The molecule has 0 spiro atoms. The van der Waals surface area contributed by atoms with Crippen LogP contribution in [0.5, 0.6) is 0 Å². The Bertz CT molecular complexity index is 891. The van der Waals surface area contributed by atoms with Crippen molar-refractivity contribution in [2.45, 2.75) is 32.7 Å². The summed E-state index contributed by atoms with van der Waals surface area (Å²) in [6.07, 6.45) is 0.528. The van der Waals surface area contributed by atoms with Gasteiger partial charge in [0.1, 0.15) is 0 Å². The van der Waals surface area contributed by atoms with Crippen LogP contribution >= 0.6 is 0 Å². The molecular weight excluding hydrogens is 398 g/mol. The van der Waals surface area contributed by atoms with Crippen molar-refractivity contribution in [1.82, 2.24) is 10.2 Å². The molecule has 0 radical (unpaired) electrons. The number of esters is 1. The Balaban J connectivity index is 1.93. The van der Waals surface area contributed by atoms with Crippen molar-refractivity contribution in [3.63, 3.8) is 0 Å². The Labute approximate surface area is 171 Å². The number of anilines is 1. The van der Waals surface area contributed by atoms with Gasteiger partial charge in [-0.05, 0) is 45.4 Å². The number of nitrogens with one attached hydrogen (secondary N) is 1. The van der Waals surface area contributed by atoms with Gasteiger partial charge in [0.05, 0.1) is 23.5 Å². The van der Waals surface area contributed by atoms with Crippen molar-refractivity contribution >= 4 is 33.5 Å². The topological polar surface area (TPSA) is 113 Å². The van der Waals surface area contributed by atoms with Crippen LogP contribution in [0.15, 0.2) is 24.3 Å². The first-order valence-electron chi connectivity index (χ1n) is 9.22. The Morgan fingerprint density at radius 3 is 2.52 bits per heavy atom. The highest BCUT2D eigenvalue weighted by Gasteiger charge is 2.29. The van der Waals surface area contributed by atoms with Crippen LogP contribution in [-0.4, -0.2) is 69.1 Å². The van der Waals surface area contributed by atoms with E-state index in [0.717, 1.165) is 0 Å². The minimum Gasteiger partial charge on any atom is -0.452 e. The van der Waals surface area contributed by atoms with Gasteiger partial charge in [-0.2, -0.15) is 0 Å². The van der Waals surface area contributed by atoms with Gasteiger partial charge in [0.25, 0.3) is 5.91 Å². The first-order valence-corrected chi connectivity index (χ1v) is 10.8. The highest BCUT2D eigenvalue weighted by Crippen LogP contribution is 2.25. The molecule has 1 aliphatic rings. The Hall–Kier alpha value is -2.62. The molecule has 9 nitrogen and oxygen atoms in total. The molecule has 2 rings (SSSR count). The number of carbonyl (C=O) groups is 3. The lowest BCUT2D eigenvalue weighted by molar-refractivity contribution is -0.137. The third-order valence-electron chi connectivity index (χ3n) is 4.12. The maximum atomic E-state index is 12.3. The molecule has 1 aliphatic heterocycles. The fraction of sp³-hybridized carbons (Fsp3) is 0.526. The lowest BCUT2D eigenvalue weighted by Crippen LogP contribution is -2.46. The van der Waals surface area contributed by atoms with Crippen molar-refractivity contribution < 1.29 is 27.5 Å². The third-order valence-corrected chi connectivity index (χ3v) is 5.99. The fourth-order valence-corrected chi connectivity index (χ4v) is 4.36. The quantitative estimate of drug-likeness (QED) is 0.673. The summed E-state index contributed by atoms with van der Waals surface area (Å²) in [7, 11) is -1.92. The zero-order chi connectivity index (χ0) is 21.8. The van der Waals surface area contributed by atoms with Gasteiger partial charge in [-0.1, -0.05) is 6.07 Å². The molecule has 160 valence electrons. The van der Waals surface area contributed by atoms with Crippen LogP contribution in [-0.2, 0) is 24.3 Å². The van der Waals surface area contributed by atoms with E-state index in [1.165, 1.54) is 28.4 Å². The molecule has 1 heterocycles. The number of likely N-dealkylation sites (N-methyl/N-ethyl adjacent to an activating group) is 1. The van der Waals surface area contributed by atoms with Crippen LogP contribution < -0.4 is 9.62 Å². The normalized spacial score (nSPS) is 15.7. The van der Waals surface area contributed by atoms with E-state index in [9.17, 15) is 22.8 Å². The van der Waals surface area contributed by atoms with E-state index in [1.807, 2.05) is 20.8 Å². The van der Waals surface area contributed by atoms with Crippen molar-refractivity contribution in [2.24, 2.45) is 0 Å². The molecule has 0 atom stereocenters. The van der Waals surface area contributed by atoms with Crippen molar-refractivity contribution in [1.29, 1.82) is 0 Å². The Kier molecular flexibility index (Phi) is 6.89. The lowest BCUT2D eigenvalue weighted by atomic mass is 10.1. The van der Waals surface area contributed by atoms with E-state index < -0.39 is 34.0 Å². The van der Waals surface area contributed by atoms with Crippen LogP contribution in [0.4, 0.5) is 5.69 Å². The second-order valence-electron chi connectivity index (χ2n) is 7.92. The molecule has 29 heavy (non-hydrogen) atoms. The van der Waals surface area contributed by atoms with E-state index in [1.54, 1.807) is 12.1 Å². The highest BCUT2D eigenvalue weighted by atomic mass is 32.2. The zero-order valence-electron chi connectivity index (χ0n) is 17.1. The Morgan fingerprint density at radius 1 is 1.24 bits per heavy atom. The average Bonchev–Trinajstić information content (AvgIpc) is 2.96. The van der Waals surface area contributed by atoms with Gasteiger partial charge in [-0.3, -0.25) is 13.9 Å². The molecule has 1 aromatic carbocycles. The molecule has 2 amide bonds. The fourth-order valence-electron chi connectivity index (χ4n) is 2.80. The van der Waals surface area contributed by atoms with Crippen LogP contribution in [0.25, 0.3) is 0 Å². The number of benzene rings is 1. The second kappa shape index (κ2) is 8.81. The van der Waals surface area contributed by atoms with E-state index in [-0.39, 0.29) is 23.8 Å². The van der Waals surface area contributed by atoms with Crippen LogP contribution in [0.2, 0.25) is 0 Å². The SMILES string of the molecule is CN(CC(=O)NC(C)(C)C)C(=O)COC(=O)c1cccc(N2CCCS2(=O)=O)c1. The number of ether oxygens (including phenoxy) is 1. The number of amides is 2. The van der Waals surface area contributed by atoms with Crippen molar-refractivity contribution in [3.05, 3.63) is 29.8 Å². The maximum absolute atomic E-state index is 12.3. The summed E-state index contributed by atoms with van der Waals surface area (Å²) in [4.78, 5) is 37.4. The maximum Gasteiger partial charge on any atom is 0.338 e. The van der Waals surface area contributed by atoms with E-state index in [0.29, 0.717) is 18.7 Å². The number of nitrogens with zero attached hydrogens (tertiary/aromatic N) is 2. The van der Waals surface area contributed by atoms with Crippen LogP contribution in [0.3, 0.4) is 0 Å². The summed E-state index contributed by atoms with van der Waals surface area (Å²) < 4.78 is 30.4. The zero-order valence-corrected chi connectivity index (χ0v) is 17.9. The molecular formula is C19H27N3O6S. The van der Waals surface area contributed by atoms with Gasteiger partial charge >= 0.3 is 5.97 Å². The highest BCUT2D eigenvalue weighted by molar-refractivity contribution is 7.93. The molecule has 1 aromatic rings. The number of hydrogen-bond acceptors (Lipinski definition) is 6. The van der Waals surface area contributed by atoms with Gasteiger partial charge in [-0.15, -0.1) is 0 Å². The first-order chi connectivity index (χ1) is 13.4. The molecule has 0 aliphatic carbocycles. The molecule has 1 fully saturated rings. The predicted molar refractivity (Wildman–Crippen MR) is 108 cm³/mol. The third kappa shape index (κ3) is 6.45. The molecule has 0 aromatic heterocycles. The van der Waals surface area contributed by atoms with E-state index in [2.05, 4.69) is 5.32 Å². The molecule has 1 N–H and O–H groups in total. The van der Waals surface area contributed by atoms with Gasteiger partial charge < -0.3 is 15.0 Å².